The van der Waals surface area contributed by atoms with Crippen molar-refractivity contribution in [1.29, 1.82) is 0 Å². The van der Waals surface area contributed by atoms with E-state index in [0.717, 1.165) is 19.7 Å². The number of rotatable bonds is 24. The minimum Gasteiger partial charge on any atom is -0.478 e. The van der Waals surface area contributed by atoms with Crippen molar-refractivity contribution in [2.24, 2.45) is 0 Å². The summed E-state index contributed by atoms with van der Waals surface area (Å²) in [6.45, 7) is 1.44. The summed E-state index contributed by atoms with van der Waals surface area (Å²) in [5.41, 5.74) is 4.06. The lowest BCUT2D eigenvalue weighted by atomic mass is 10.0. The Labute approximate surface area is 462 Å². The zero-order chi connectivity index (χ0) is 57.9. The summed E-state index contributed by atoms with van der Waals surface area (Å²) in [7, 11) is -5.27. The molecule has 80 heavy (non-hydrogen) atoms. The van der Waals surface area contributed by atoms with Crippen LogP contribution in [0.5, 0.6) is 0 Å². The Morgan fingerprint density at radius 3 is 1.54 bits per heavy atom. The number of carboxylic acid groups (broad SMARTS) is 3. The van der Waals surface area contributed by atoms with Gasteiger partial charge in [-0.2, -0.15) is 0 Å². The fourth-order valence-electron chi connectivity index (χ4n) is 8.68. The number of carbonyl (C=O) groups excluding carboxylic acids is 3. The number of carbonyl (C=O) groups is 6. The summed E-state index contributed by atoms with van der Waals surface area (Å²) in [6.07, 6.45) is -0.213. The van der Waals surface area contributed by atoms with E-state index in [-0.39, 0.29) is 58.6 Å². The van der Waals surface area contributed by atoms with Gasteiger partial charge in [-0.25, -0.2) is 39.8 Å². The highest BCUT2D eigenvalue weighted by Gasteiger charge is 2.24. The Morgan fingerprint density at radius 2 is 0.938 bits per heavy atom. The van der Waals surface area contributed by atoms with Crippen LogP contribution in [-0.4, -0.2) is 101 Å². The number of nitrogens with zero attached hydrogens (tertiary/aromatic N) is 2. The fourth-order valence-corrected chi connectivity index (χ4v) is 11.0. The van der Waals surface area contributed by atoms with Crippen LogP contribution in [-0.2, 0) is 51.7 Å². The van der Waals surface area contributed by atoms with Crippen molar-refractivity contribution in [3.63, 3.8) is 0 Å². The molecule has 7 rings (SSSR count). The van der Waals surface area contributed by atoms with E-state index >= 15 is 0 Å². The second-order valence-electron chi connectivity index (χ2n) is 19.0. The molecule has 21 heteroatoms. The van der Waals surface area contributed by atoms with Gasteiger partial charge >= 0.3 is 17.9 Å². The van der Waals surface area contributed by atoms with E-state index in [1.807, 2.05) is 0 Å². The van der Waals surface area contributed by atoms with Crippen LogP contribution >= 0.6 is 0 Å². The monoisotopic (exact) mass is 1120 g/mol. The summed E-state index contributed by atoms with van der Waals surface area (Å²) in [5, 5.41) is 47.9. The largest absolute Gasteiger partial charge is 0.478 e. The molecule has 1 unspecified atom stereocenters. The van der Waals surface area contributed by atoms with Gasteiger partial charge in [0.2, 0.25) is 20.0 Å². The number of anilines is 3. The number of carboxylic acids is 3. The molecule has 0 saturated heterocycles. The first-order valence-electron chi connectivity index (χ1n) is 24.8. The summed E-state index contributed by atoms with van der Waals surface area (Å²) in [5.74, 6) is -6.67. The van der Waals surface area contributed by atoms with Crippen molar-refractivity contribution in [1.82, 2.24) is 8.61 Å². The van der Waals surface area contributed by atoms with Crippen LogP contribution in [0.15, 0.2) is 158 Å². The highest BCUT2D eigenvalue weighted by atomic mass is 32.2. The first-order valence-corrected chi connectivity index (χ1v) is 28.1. The third-order valence-corrected chi connectivity index (χ3v) is 16.6. The van der Waals surface area contributed by atoms with Crippen LogP contribution in [0.25, 0.3) is 0 Å². The van der Waals surface area contributed by atoms with Crippen LogP contribution in [0.3, 0.4) is 0 Å². The van der Waals surface area contributed by atoms with Crippen LogP contribution in [0.4, 0.5) is 17.1 Å². The Kier molecular flexibility index (Phi) is 18.9. The minimum absolute atomic E-state index is 0.0375. The van der Waals surface area contributed by atoms with Gasteiger partial charge in [-0.15, -0.1) is 0 Å². The third-order valence-electron chi connectivity index (χ3n) is 13.0. The SMILES string of the molecule is Cc1ccc(C(=O)O)c(C(=O)Nc2ccc(CCC(O)c3ccc(CS(=O)(=O)N(C)Cc4cc(CCS(=O)(=O)N(C)Cc5cccc(NC(=O)c6ccccc6C(=O)O)c5)cc(NC(=O)c5ccccc5C(=O)O)c4)cc3)cc2)c1. The lowest BCUT2D eigenvalue weighted by Crippen LogP contribution is -2.30. The number of aliphatic hydroxyl groups excluding tert-OH is 1. The van der Waals surface area contributed by atoms with Gasteiger partial charge < -0.3 is 36.4 Å². The maximum atomic E-state index is 13.9. The predicted octanol–water partition coefficient (Wildman–Crippen LogP) is 8.48. The van der Waals surface area contributed by atoms with Gasteiger partial charge in [-0.3, -0.25) is 14.4 Å². The number of aryl methyl sites for hydroxylation is 3. The second kappa shape index (κ2) is 25.7. The Morgan fingerprint density at radius 1 is 0.450 bits per heavy atom. The van der Waals surface area contributed by atoms with E-state index in [9.17, 15) is 66.0 Å². The molecule has 19 nitrogen and oxygen atoms in total. The zero-order valence-corrected chi connectivity index (χ0v) is 45.3. The molecule has 7 aromatic carbocycles. The van der Waals surface area contributed by atoms with E-state index < -0.39 is 73.3 Å². The lowest BCUT2D eigenvalue weighted by molar-refractivity contribution is 0.0683. The van der Waals surface area contributed by atoms with Crippen LogP contribution in [0, 0.1) is 6.92 Å². The standard InChI is InChI=1S/C59H57N5O14S2/c1-37-15-25-51(59(73)74)52(29-37)56(68)60-44-23-18-38(19-24-44)20-26-53(65)43-21-16-39(17-22-43)36-80(77,78)64(3)35-42-30-40(31-46(33-42)62-55(67)48-12-5-7-14-50(48)58(71)72)27-28-79(75,76)63(2)34-41-9-8-10-45(32-41)61-54(66)47-11-4-6-13-49(47)57(69)70/h4-19,21-25,29-33,53,65H,20,26-28,34-36H2,1-3H3,(H,60,68)(H,61,66)(H,62,67)(H,69,70)(H,71,72)(H,73,74). The van der Waals surface area contributed by atoms with E-state index in [1.165, 1.54) is 86.9 Å². The molecule has 0 saturated carbocycles. The normalized spacial score (nSPS) is 11.9. The number of hydrogen-bond acceptors (Lipinski definition) is 11. The number of nitrogens with one attached hydrogen (secondary N) is 3. The molecule has 0 aliphatic rings. The summed E-state index contributed by atoms with van der Waals surface area (Å²) < 4.78 is 57.5. The van der Waals surface area contributed by atoms with Crippen molar-refractivity contribution in [3.8, 4) is 0 Å². The van der Waals surface area contributed by atoms with Gasteiger partial charge in [0.15, 0.2) is 0 Å². The molecule has 1 atom stereocenters. The molecule has 0 spiro atoms. The number of aromatic carboxylic acids is 3. The molecular weight excluding hydrogens is 1070 g/mol. The molecule has 0 heterocycles. The summed E-state index contributed by atoms with van der Waals surface area (Å²) in [4.78, 5) is 74.8. The van der Waals surface area contributed by atoms with Gasteiger partial charge in [-0.05, 0) is 132 Å². The number of hydrogen-bond donors (Lipinski definition) is 7. The second-order valence-corrected chi connectivity index (χ2v) is 23.3. The first-order chi connectivity index (χ1) is 38.0. The van der Waals surface area contributed by atoms with Gasteiger partial charge in [0.25, 0.3) is 17.7 Å². The van der Waals surface area contributed by atoms with Gasteiger partial charge in [0, 0.05) is 44.2 Å². The highest BCUT2D eigenvalue weighted by Crippen LogP contribution is 2.26. The molecule has 414 valence electrons. The quantitative estimate of drug-likeness (QED) is 0.0299. The van der Waals surface area contributed by atoms with Crippen LogP contribution in [0.1, 0.15) is 114 Å². The van der Waals surface area contributed by atoms with Crippen LogP contribution in [0.2, 0.25) is 0 Å². The molecule has 0 aliphatic heterocycles. The Bertz CT molecular complexity index is 3720. The van der Waals surface area contributed by atoms with Crippen molar-refractivity contribution >= 4 is 72.7 Å². The summed E-state index contributed by atoms with van der Waals surface area (Å²) in [6, 6.07) is 40.3. The molecule has 3 amide bonds. The zero-order valence-electron chi connectivity index (χ0n) is 43.6. The first kappa shape index (κ1) is 58.8. The van der Waals surface area contributed by atoms with Crippen LogP contribution < -0.4 is 16.0 Å². The van der Waals surface area contributed by atoms with E-state index in [2.05, 4.69) is 16.0 Å². The van der Waals surface area contributed by atoms with E-state index in [0.29, 0.717) is 52.0 Å². The van der Waals surface area contributed by atoms with E-state index in [1.54, 1.807) is 91.9 Å². The Hall–Kier alpha value is -8.86. The van der Waals surface area contributed by atoms with E-state index in [4.69, 9.17) is 0 Å². The van der Waals surface area contributed by atoms with Crippen molar-refractivity contribution < 1.29 is 66.0 Å². The molecule has 0 aromatic heterocycles. The fraction of sp³-hybridized carbons (Fsp3) is 0.186. The van der Waals surface area contributed by atoms with Gasteiger partial charge in [0.1, 0.15) is 0 Å². The number of amides is 3. The minimum atomic E-state index is -4.02. The molecule has 0 fully saturated rings. The van der Waals surface area contributed by atoms with Gasteiger partial charge in [0.05, 0.1) is 51.0 Å². The molecule has 0 radical (unpaired) electrons. The Balaban J connectivity index is 0.989. The topological polar surface area (TPSA) is 294 Å². The maximum Gasteiger partial charge on any atom is 0.336 e. The van der Waals surface area contributed by atoms with Crippen molar-refractivity contribution in [2.45, 2.75) is 51.1 Å². The number of benzene rings is 7. The number of aliphatic hydroxyl groups is 1. The lowest BCUT2D eigenvalue weighted by Gasteiger charge is -2.20. The van der Waals surface area contributed by atoms with Gasteiger partial charge in [-0.1, -0.05) is 90.5 Å². The highest BCUT2D eigenvalue weighted by molar-refractivity contribution is 7.89. The average Bonchev–Trinajstić information content (AvgIpc) is 3.42. The maximum absolute atomic E-state index is 13.9. The summed E-state index contributed by atoms with van der Waals surface area (Å²) >= 11 is 0. The van der Waals surface area contributed by atoms with Crippen molar-refractivity contribution in [2.75, 3.05) is 35.8 Å². The smallest absolute Gasteiger partial charge is 0.336 e. The molecule has 7 N–H and O–H groups in total. The third kappa shape index (κ3) is 15.5. The van der Waals surface area contributed by atoms with Crippen molar-refractivity contribution in [3.05, 3.63) is 230 Å². The number of sulfonamides is 2. The average molecular weight is 1120 g/mol. The molecule has 0 bridgehead atoms. The molecule has 0 aliphatic carbocycles. The molecule has 7 aromatic rings. The predicted molar refractivity (Wildman–Crippen MR) is 301 cm³/mol. The molecular formula is C59H57N5O14S2.